The summed E-state index contributed by atoms with van der Waals surface area (Å²) in [5.41, 5.74) is 3.08. The Hall–Kier alpha value is -1.03. The molecule has 3 nitrogen and oxygen atoms in total. The SMILES string of the molecule is Cc1c(Br)cc2c(c1C)OCC(C)C(=O)N2C. The van der Waals surface area contributed by atoms with E-state index in [-0.39, 0.29) is 11.8 Å². The van der Waals surface area contributed by atoms with Gasteiger partial charge >= 0.3 is 0 Å². The van der Waals surface area contributed by atoms with Crippen molar-refractivity contribution in [2.24, 2.45) is 5.92 Å². The van der Waals surface area contributed by atoms with Gasteiger partial charge in [0.1, 0.15) is 5.75 Å². The molecule has 0 fully saturated rings. The Morgan fingerprint density at radius 1 is 1.41 bits per heavy atom. The Labute approximate surface area is 110 Å². The van der Waals surface area contributed by atoms with E-state index >= 15 is 0 Å². The van der Waals surface area contributed by atoms with Gasteiger partial charge in [-0.05, 0) is 31.0 Å². The van der Waals surface area contributed by atoms with Crippen LogP contribution in [0.1, 0.15) is 18.1 Å². The molecule has 1 heterocycles. The fourth-order valence-electron chi connectivity index (χ4n) is 2.00. The number of anilines is 1. The predicted octanol–water partition coefficient (Wildman–Crippen LogP) is 3.06. The number of fused-ring (bicyclic) bond motifs is 1. The zero-order valence-corrected chi connectivity index (χ0v) is 12.1. The van der Waals surface area contributed by atoms with Crippen LogP contribution in [0.4, 0.5) is 5.69 Å². The van der Waals surface area contributed by atoms with E-state index in [0.29, 0.717) is 6.61 Å². The van der Waals surface area contributed by atoms with Gasteiger partial charge in [-0.2, -0.15) is 0 Å². The van der Waals surface area contributed by atoms with Crippen LogP contribution in [-0.4, -0.2) is 19.6 Å². The predicted molar refractivity (Wildman–Crippen MR) is 71.7 cm³/mol. The molecule has 0 saturated carbocycles. The maximum atomic E-state index is 12.0. The number of amides is 1. The Balaban J connectivity index is 2.63. The molecule has 0 bridgehead atoms. The lowest BCUT2D eigenvalue weighted by atomic mass is 10.1. The summed E-state index contributed by atoms with van der Waals surface area (Å²) < 4.78 is 6.79. The number of benzene rings is 1. The number of hydrogen-bond donors (Lipinski definition) is 0. The van der Waals surface area contributed by atoms with Crippen LogP contribution in [0.2, 0.25) is 0 Å². The number of carbonyl (C=O) groups excluding carboxylic acids is 1. The van der Waals surface area contributed by atoms with Crippen molar-refractivity contribution in [1.82, 2.24) is 0 Å². The molecule has 0 radical (unpaired) electrons. The Morgan fingerprint density at radius 3 is 2.71 bits per heavy atom. The molecule has 1 unspecified atom stereocenters. The van der Waals surface area contributed by atoms with Gasteiger partial charge in [-0.15, -0.1) is 0 Å². The van der Waals surface area contributed by atoms with Crippen molar-refractivity contribution in [2.45, 2.75) is 20.8 Å². The van der Waals surface area contributed by atoms with Crippen molar-refractivity contribution in [3.8, 4) is 5.75 Å². The topological polar surface area (TPSA) is 29.5 Å². The molecule has 4 heteroatoms. The average molecular weight is 298 g/mol. The van der Waals surface area contributed by atoms with Gasteiger partial charge in [0, 0.05) is 11.5 Å². The molecule has 0 aromatic heterocycles. The summed E-state index contributed by atoms with van der Waals surface area (Å²) in [5.74, 6) is 0.815. The normalized spacial score (nSPS) is 19.7. The summed E-state index contributed by atoms with van der Waals surface area (Å²) in [5, 5.41) is 0. The molecule has 0 N–H and O–H groups in total. The highest BCUT2D eigenvalue weighted by Gasteiger charge is 2.28. The fraction of sp³-hybridized carbons (Fsp3) is 0.462. The third-order valence-electron chi connectivity index (χ3n) is 3.35. The van der Waals surface area contributed by atoms with E-state index in [2.05, 4.69) is 15.9 Å². The molecule has 0 spiro atoms. The van der Waals surface area contributed by atoms with Gasteiger partial charge in [0.05, 0.1) is 18.2 Å². The number of nitrogens with zero attached hydrogens (tertiary/aromatic N) is 1. The van der Waals surface area contributed by atoms with E-state index in [1.54, 1.807) is 11.9 Å². The summed E-state index contributed by atoms with van der Waals surface area (Å²) >= 11 is 3.52. The summed E-state index contributed by atoms with van der Waals surface area (Å²) in [6.07, 6.45) is 0. The molecule has 1 atom stereocenters. The van der Waals surface area contributed by atoms with Crippen LogP contribution in [0.25, 0.3) is 0 Å². The lowest BCUT2D eigenvalue weighted by Crippen LogP contribution is -2.31. The zero-order valence-electron chi connectivity index (χ0n) is 10.5. The molecule has 1 aliphatic heterocycles. The third kappa shape index (κ3) is 1.95. The van der Waals surface area contributed by atoms with Crippen LogP contribution in [0.3, 0.4) is 0 Å². The molecule has 2 rings (SSSR count). The van der Waals surface area contributed by atoms with Gasteiger partial charge in [0.15, 0.2) is 0 Å². The Kier molecular flexibility index (Phi) is 3.17. The zero-order chi connectivity index (χ0) is 12.7. The van der Waals surface area contributed by atoms with Gasteiger partial charge in [-0.3, -0.25) is 4.79 Å². The number of ether oxygens (including phenoxy) is 1. The van der Waals surface area contributed by atoms with Crippen molar-refractivity contribution >= 4 is 27.5 Å². The van der Waals surface area contributed by atoms with Crippen molar-refractivity contribution in [1.29, 1.82) is 0 Å². The quantitative estimate of drug-likeness (QED) is 0.736. The molecular weight excluding hydrogens is 282 g/mol. The Bertz CT molecular complexity index is 485. The van der Waals surface area contributed by atoms with E-state index in [1.165, 1.54) is 0 Å². The molecule has 17 heavy (non-hydrogen) atoms. The number of halogens is 1. The first-order valence-corrected chi connectivity index (χ1v) is 6.42. The maximum Gasteiger partial charge on any atom is 0.233 e. The summed E-state index contributed by atoms with van der Waals surface area (Å²) in [7, 11) is 1.80. The first-order valence-electron chi connectivity index (χ1n) is 5.63. The minimum Gasteiger partial charge on any atom is -0.490 e. The monoisotopic (exact) mass is 297 g/mol. The van der Waals surface area contributed by atoms with Crippen molar-refractivity contribution in [3.05, 3.63) is 21.7 Å². The number of carbonyl (C=O) groups is 1. The van der Waals surface area contributed by atoms with Gasteiger partial charge in [0.25, 0.3) is 0 Å². The molecule has 1 aromatic rings. The lowest BCUT2D eigenvalue weighted by Gasteiger charge is -2.20. The molecule has 0 saturated heterocycles. The van der Waals surface area contributed by atoms with E-state index in [4.69, 9.17) is 4.74 Å². The van der Waals surface area contributed by atoms with Crippen LogP contribution in [-0.2, 0) is 4.79 Å². The number of hydrogen-bond acceptors (Lipinski definition) is 2. The maximum absolute atomic E-state index is 12.0. The fourth-order valence-corrected chi connectivity index (χ4v) is 2.51. The second-order valence-electron chi connectivity index (χ2n) is 4.57. The van der Waals surface area contributed by atoms with Crippen LogP contribution >= 0.6 is 15.9 Å². The highest BCUT2D eigenvalue weighted by Crippen LogP contribution is 2.39. The lowest BCUT2D eigenvalue weighted by molar-refractivity contribution is -0.122. The van der Waals surface area contributed by atoms with Crippen LogP contribution in [0, 0.1) is 19.8 Å². The van der Waals surface area contributed by atoms with Crippen molar-refractivity contribution in [3.63, 3.8) is 0 Å². The summed E-state index contributed by atoms with van der Waals surface area (Å²) in [6.45, 7) is 6.40. The molecule has 1 amide bonds. The standard InChI is InChI=1S/C13H16BrNO2/c1-7-6-17-12-9(3)8(2)10(14)5-11(12)15(4)13(7)16/h5,7H,6H2,1-4H3. The third-order valence-corrected chi connectivity index (χ3v) is 4.17. The van der Waals surface area contributed by atoms with E-state index in [1.807, 2.05) is 26.8 Å². The molecule has 1 aromatic carbocycles. The molecular formula is C13H16BrNO2. The smallest absolute Gasteiger partial charge is 0.233 e. The highest BCUT2D eigenvalue weighted by molar-refractivity contribution is 9.10. The average Bonchev–Trinajstić information content (AvgIpc) is 2.40. The van der Waals surface area contributed by atoms with Gasteiger partial charge in [-0.25, -0.2) is 0 Å². The number of rotatable bonds is 0. The summed E-state index contributed by atoms with van der Waals surface area (Å²) in [4.78, 5) is 13.7. The minimum absolute atomic E-state index is 0.0962. The van der Waals surface area contributed by atoms with E-state index < -0.39 is 0 Å². The second-order valence-corrected chi connectivity index (χ2v) is 5.42. The first-order chi connectivity index (χ1) is 7.93. The molecule has 92 valence electrons. The van der Waals surface area contributed by atoms with Crippen LogP contribution in [0.15, 0.2) is 10.5 Å². The highest BCUT2D eigenvalue weighted by atomic mass is 79.9. The van der Waals surface area contributed by atoms with Crippen molar-refractivity contribution in [2.75, 3.05) is 18.6 Å². The first kappa shape index (κ1) is 12.4. The van der Waals surface area contributed by atoms with E-state index in [9.17, 15) is 4.79 Å². The molecule has 0 aliphatic carbocycles. The largest absolute Gasteiger partial charge is 0.490 e. The Morgan fingerprint density at radius 2 is 2.06 bits per heavy atom. The van der Waals surface area contributed by atoms with Crippen molar-refractivity contribution < 1.29 is 9.53 Å². The van der Waals surface area contributed by atoms with E-state index in [0.717, 1.165) is 27.0 Å². The van der Waals surface area contributed by atoms with Crippen LogP contribution < -0.4 is 9.64 Å². The van der Waals surface area contributed by atoms with Crippen LogP contribution in [0.5, 0.6) is 5.75 Å². The van der Waals surface area contributed by atoms with Gasteiger partial charge in [0.2, 0.25) is 5.91 Å². The molecule has 1 aliphatic rings. The second kappa shape index (κ2) is 4.33. The van der Waals surface area contributed by atoms with Gasteiger partial charge in [-0.1, -0.05) is 22.9 Å². The summed E-state index contributed by atoms with van der Waals surface area (Å²) in [6, 6.07) is 1.95. The minimum atomic E-state index is -0.106. The van der Waals surface area contributed by atoms with Gasteiger partial charge < -0.3 is 9.64 Å².